The van der Waals surface area contributed by atoms with Crippen molar-refractivity contribution in [1.82, 2.24) is 5.32 Å². The summed E-state index contributed by atoms with van der Waals surface area (Å²) in [4.78, 5) is 23.0. The first-order valence-corrected chi connectivity index (χ1v) is 8.31. The summed E-state index contributed by atoms with van der Waals surface area (Å²) in [7, 11) is 0. The van der Waals surface area contributed by atoms with Crippen LogP contribution in [-0.2, 0) is 4.79 Å². The van der Waals surface area contributed by atoms with Crippen LogP contribution in [0.25, 0.3) is 0 Å². The number of carboxylic acids is 1. The number of urea groups is 1. The topological polar surface area (TPSA) is 87.7 Å². The molecule has 0 spiro atoms. The van der Waals surface area contributed by atoms with Crippen LogP contribution in [0.3, 0.4) is 0 Å². The van der Waals surface area contributed by atoms with Gasteiger partial charge in [-0.3, -0.25) is 4.79 Å². The van der Waals surface area contributed by atoms with Crippen molar-refractivity contribution in [3.63, 3.8) is 0 Å². The molecule has 1 aromatic rings. The van der Waals surface area contributed by atoms with Crippen molar-refractivity contribution in [2.45, 2.75) is 37.9 Å². The number of halogens is 4. The first-order valence-electron chi connectivity index (χ1n) is 7.93. The fraction of sp³-hybridized carbons (Fsp3) is 0.500. The summed E-state index contributed by atoms with van der Waals surface area (Å²) in [6.07, 6.45) is -2.57. The maximum Gasteiger partial charge on any atom is 0.422 e. The van der Waals surface area contributed by atoms with Crippen LogP contribution in [0.5, 0.6) is 5.75 Å². The lowest BCUT2D eigenvalue weighted by Crippen LogP contribution is -2.41. The molecule has 0 aromatic heterocycles. The Morgan fingerprint density at radius 1 is 1.23 bits per heavy atom. The zero-order valence-corrected chi connectivity index (χ0v) is 14.4. The Kier molecular flexibility index (Phi) is 6.57. The van der Waals surface area contributed by atoms with Crippen molar-refractivity contribution in [3.8, 4) is 5.75 Å². The molecule has 26 heavy (non-hydrogen) atoms. The van der Waals surface area contributed by atoms with Gasteiger partial charge >= 0.3 is 18.2 Å². The molecule has 6 nitrogen and oxygen atoms in total. The average Bonchev–Trinajstić information content (AvgIpc) is 2.54. The van der Waals surface area contributed by atoms with E-state index in [1.165, 1.54) is 18.2 Å². The van der Waals surface area contributed by atoms with Gasteiger partial charge in [0.1, 0.15) is 5.75 Å². The van der Waals surface area contributed by atoms with Gasteiger partial charge < -0.3 is 20.5 Å². The number of benzene rings is 1. The van der Waals surface area contributed by atoms with Crippen molar-refractivity contribution in [3.05, 3.63) is 23.2 Å². The number of amides is 2. The van der Waals surface area contributed by atoms with Gasteiger partial charge in [-0.25, -0.2) is 4.79 Å². The summed E-state index contributed by atoms with van der Waals surface area (Å²) >= 11 is 5.76. The van der Waals surface area contributed by atoms with Crippen molar-refractivity contribution in [1.29, 1.82) is 0 Å². The van der Waals surface area contributed by atoms with Gasteiger partial charge in [0.05, 0.1) is 11.6 Å². The molecular formula is C16H18ClF3N2O4. The van der Waals surface area contributed by atoms with E-state index in [2.05, 4.69) is 10.6 Å². The van der Waals surface area contributed by atoms with Crippen LogP contribution in [0.4, 0.5) is 23.7 Å². The second-order valence-electron chi connectivity index (χ2n) is 6.03. The average molecular weight is 395 g/mol. The molecule has 144 valence electrons. The molecule has 1 aliphatic carbocycles. The number of anilines is 1. The van der Waals surface area contributed by atoms with Crippen LogP contribution in [0, 0.1) is 5.92 Å². The van der Waals surface area contributed by atoms with Gasteiger partial charge in [-0.05, 0) is 37.8 Å². The van der Waals surface area contributed by atoms with Crippen molar-refractivity contribution < 1.29 is 32.6 Å². The molecule has 3 N–H and O–H groups in total. The minimum atomic E-state index is -4.52. The molecule has 0 atom stereocenters. The second kappa shape index (κ2) is 8.48. The van der Waals surface area contributed by atoms with E-state index >= 15 is 0 Å². The molecule has 0 radical (unpaired) electrons. The van der Waals surface area contributed by atoms with Gasteiger partial charge in [0.25, 0.3) is 0 Å². The minimum absolute atomic E-state index is 0.0513. The fourth-order valence-corrected chi connectivity index (χ4v) is 2.87. The highest BCUT2D eigenvalue weighted by Gasteiger charge is 2.29. The van der Waals surface area contributed by atoms with E-state index in [0.717, 1.165) is 0 Å². The first-order chi connectivity index (χ1) is 12.1. The zero-order valence-electron chi connectivity index (χ0n) is 13.6. The highest BCUT2D eigenvalue weighted by molar-refractivity contribution is 6.30. The third-order valence-electron chi connectivity index (χ3n) is 3.99. The molecule has 0 aliphatic heterocycles. The number of rotatable bonds is 5. The van der Waals surface area contributed by atoms with Crippen LogP contribution < -0.4 is 15.4 Å². The van der Waals surface area contributed by atoms with E-state index in [-0.39, 0.29) is 22.5 Å². The van der Waals surface area contributed by atoms with E-state index in [1.807, 2.05) is 0 Å². The van der Waals surface area contributed by atoms with Crippen LogP contribution in [0.15, 0.2) is 18.2 Å². The van der Waals surface area contributed by atoms with Gasteiger partial charge in [0, 0.05) is 17.1 Å². The predicted octanol–water partition coefficient (Wildman–Crippen LogP) is 4.05. The standard InChI is InChI=1S/C16H18ClF3N2O4/c17-10-3-6-12(13(7-10)26-8-16(18,19)20)22-15(25)21-11-4-1-9(2-5-11)14(23)24/h3,6-7,9,11H,1-2,4-5,8H2,(H,23,24)(H2,21,22,25). The second-order valence-corrected chi connectivity index (χ2v) is 6.47. The molecule has 1 aliphatic rings. The smallest absolute Gasteiger partial charge is 0.422 e. The van der Waals surface area contributed by atoms with E-state index in [0.29, 0.717) is 25.7 Å². The molecule has 2 amide bonds. The maximum atomic E-state index is 12.3. The summed E-state index contributed by atoms with van der Waals surface area (Å²) in [6, 6.07) is 3.13. The van der Waals surface area contributed by atoms with Crippen molar-refractivity contribution >= 4 is 29.3 Å². The molecule has 10 heteroatoms. The number of alkyl halides is 3. The van der Waals surface area contributed by atoms with E-state index in [9.17, 15) is 22.8 Å². The number of hydrogen-bond donors (Lipinski definition) is 3. The van der Waals surface area contributed by atoms with Gasteiger partial charge in [-0.2, -0.15) is 13.2 Å². The Balaban J connectivity index is 1.93. The lowest BCUT2D eigenvalue weighted by molar-refractivity contribution is -0.153. The summed E-state index contributed by atoms with van der Waals surface area (Å²) < 4.78 is 41.7. The van der Waals surface area contributed by atoms with Gasteiger partial charge in [0.15, 0.2) is 6.61 Å². The molecule has 1 aromatic carbocycles. The molecule has 0 saturated heterocycles. The third-order valence-corrected chi connectivity index (χ3v) is 4.23. The Morgan fingerprint density at radius 3 is 2.46 bits per heavy atom. The van der Waals surface area contributed by atoms with Gasteiger partial charge in [0.2, 0.25) is 0 Å². The number of carbonyl (C=O) groups is 2. The Bertz CT molecular complexity index is 661. The van der Waals surface area contributed by atoms with E-state index < -0.39 is 30.7 Å². The van der Waals surface area contributed by atoms with E-state index in [4.69, 9.17) is 21.4 Å². The normalized spacial score (nSPS) is 20.3. The largest absolute Gasteiger partial charge is 0.482 e. The SMILES string of the molecule is O=C(Nc1ccc(Cl)cc1OCC(F)(F)F)NC1CCC(C(=O)O)CC1. The fourth-order valence-electron chi connectivity index (χ4n) is 2.71. The quantitative estimate of drug-likeness (QED) is 0.703. The molecule has 0 heterocycles. The van der Waals surface area contributed by atoms with Gasteiger partial charge in [-0.1, -0.05) is 11.6 Å². The maximum absolute atomic E-state index is 12.3. The molecular weight excluding hydrogens is 377 g/mol. The van der Waals surface area contributed by atoms with Crippen LogP contribution in [-0.4, -0.2) is 35.9 Å². The van der Waals surface area contributed by atoms with Crippen LogP contribution in [0.1, 0.15) is 25.7 Å². The lowest BCUT2D eigenvalue weighted by Gasteiger charge is -2.27. The highest BCUT2D eigenvalue weighted by Crippen LogP contribution is 2.30. The lowest BCUT2D eigenvalue weighted by atomic mass is 9.86. The zero-order chi connectivity index (χ0) is 19.3. The van der Waals surface area contributed by atoms with Crippen LogP contribution >= 0.6 is 11.6 Å². The number of aliphatic carboxylic acids is 1. The number of nitrogens with one attached hydrogen (secondary N) is 2. The summed E-state index contributed by atoms with van der Waals surface area (Å²) in [5.41, 5.74) is 0.0513. The Labute approximate surface area is 152 Å². The minimum Gasteiger partial charge on any atom is -0.482 e. The summed E-state index contributed by atoms with van der Waals surface area (Å²) in [6.45, 7) is -1.51. The number of ether oxygens (including phenoxy) is 1. The highest BCUT2D eigenvalue weighted by atomic mass is 35.5. The van der Waals surface area contributed by atoms with Gasteiger partial charge in [-0.15, -0.1) is 0 Å². The molecule has 2 rings (SSSR count). The Hall–Kier alpha value is -2.16. The summed E-state index contributed by atoms with van der Waals surface area (Å²) in [5, 5.41) is 14.2. The third kappa shape index (κ3) is 6.29. The number of hydrogen-bond acceptors (Lipinski definition) is 3. The molecule has 1 saturated carbocycles. The molecule has 0 bridgehead atoms. The monoisotopic (exact) mass is 394 g/mol. The molecule has 0 unspecified atom stereocenters. The number of carbonyl (C=O) groups excluding carboxylic acids is 1. The predicted molar refractivity (Wildman–Crippen MR) is 88.5 cm³/mol. The van der Waals surface area contributed by atoms with Crippen molar-refractivity contribution in [2.24, 2.45) is 5.92 Å². The Morgan fingerprint density at radius 2 is 1.88 bits per heavy atom. The first kappa shape index (κ1) is 20.2. The number of carboxylic acid groups (broad SMARTS) is 1. The molecule has 1 fully saturated rings. The summed E-state index contributed by atoms with van der Waals surface area (Å²) in [5.74, 6) is -1.45. The van der Waals surface area contributed by atoms with Crippen LogP contribution in [0.2, 0.25) is 5.02 Å². The van der Waals surface area contributed by atoms with Crippen molar-refractivity contribution in [2.75, 3.05) is 11.9 Å². The van der Waals surface area contributed by atoms with E-state index in [1.54, 1.807) is 0 Å².